The lowest BCUT2D eigenvalue weighted by atomic mass is 10.1. The summed E-state index contributed by atoms with van der Waals surface area (Å²) < 4.78 is 0. The van der Waals surface area contributed by atoms with Crippen LogP contribution in [0.3, 0.4) is 0 Å². The first-order valence-electron chi connectivity index (χ1n) is 7.52. The predicted octanol–water partition coefficient (Wildman–Crippen LogP) is 4.63. The number of rotatable bonds is 5. The molecule has 0 saturated carbocycles. The monoisotopic (exact) mass is 327 g/mol. The van der Waals surface area contributed by atoms with Gasteiger partial charge >= 0.3 is 0 Å². The van der Waals surface area contributed by atoms with Gasteiger partial charge in [-0.3, -0.25) is 9.59 Å². The molecule has 4 heteroatoms. The lowest BCUT2D eigenvalue weighted by molar-refractivity contribution is -0.115. The normalized spacial score (nSPS) is 11.8. The van der Waals surface area contributed by atoms with E-state index in [1.807, 2.05) is 13.0 Å². The smallest absolute Gasteiger partial charge is 0.237 e. The molecule has 120 valence electrons. The molecule has 0 aliphatic carbocycles. The Labute approximate surface area is 141 Å². The van der Waals surface area contributed by atoms with Crippen molar-refractivity contribution in [3.63, 3.8) is 0 Å². The number of nitrogens with one attached hydrogen (secondary N) is 1. The molecular weight excluding hydrogens is 306 g/mol. The summed E-state index contributed by atoms with van der Waals surface area (Å²) >= 11 is 1.53. The fourth-order valence-corrected chi connectivity index (χ4v) is 3.07. The summed E-state index contributed by atoms with van der Waals surface area (Å²) in [6, 6.07) is 13.2. The van der Waals surface area contributed by atoms with Gasteiger partial charge in [0.2, 0.25) is 5.91 Å². The Hall–Kier alpha value is -2.07. The van der Waals surface area contributed by atoms with Crippen molar-refractivity contribution in [3.8, 4) is 0 Å². The van der Waals surface area contributed by atoms with Crippen molar-refractivity contribution in [1.82, 2.24) is 0 Å². The number of amides is 1. The number of ketones is 1. The third-order valence-electron chi connectivity index (χ3n) is 3.70. The third kappa shape index (κ3) is 4.70. The van der Waals surface area contributed by atoms with Crippen molar-refractivity contribution >= 4 is 29.1 Å². The quantitative estimate of drug-likeness (QED) is 0.643. The van der Waals surface area contributed by atoms with E-state index in [2.05, 4.69) is 31.3 Å². The number of Topliss-reactive ketones (excluding diaryl/α,β-unsaturated/α-hetero) is 1. The van der Waals surface area contributed by atoms with E-state index in [9.17, 15) is 9.59 Å². The minimum atomic E-state index is -0.224. The average molecular weight is 327 g/mol. The van der Waals surface area contributed by atoms with Crippen LogP contribution in [0.1, 0.15) is 35.3 Å². The first-order valence-corrected chi connectivity index (χ1v) is 8.40. The second kappa shape index (κ2) is 7.47. The fraction of sp³-hybridized carbons (Fsp3) is 0.263. The maximum Gasteiger partial charge on any atom is 0.237 e. The Morgan fingerprint density at radius 3 is 2.43 bits per heavy atom. The van der Waals surface area contributed by atoms with Gasteiger partial charge in [0, 0.05) is 16.1 Å². The molecule has 0 radical (unpaired) electrons. The van der Waals surface area contributed by atoms with Gasteiger partial charge in [-0.25, -0.2) is 0 Å². The van der Waals surface area contributed by atoms with Gasteiger partial charge in [-0.2, -0.15) is 0 Å². The summed E-state index contributed by atoms with van der Waals surface area (Å²) in [5, 5.41) is 2.65. The molecule has 0 saturated heterocycles. The van der Waals surface area contributed by atoms with Gasteiger partial charge in [0.15, 0.2) is 5.78 Å². The van der Waals surface area contributed by atoms with Crippen molar-refractivity contribution in [3.05, 3.63) is 59.2 Å². The zero-order valence-electron chi connectivity index (χ0n) is 13.8. The fourth-order valence-electron chi connectivity index (χ4n) is 2.10. The molecule has 0 unspecified atom stereocenters. The second-order valence-electron chi connectivity index (χ2n) is 5.63. The number of aryl methyl sites for hydroxylation is 2. The summed E-state index contributed by atoms with van der Waals surface area (Å²) in [6.07, 6.45) is 0. The molecule has 0 bridgehead atoms. The minimum Gasteiger partial charge on any atom is -0.325 e. The molecule has 0 aliphatic heterocycles. The van der Waals surface area contributed by atoms with E-state index in [0.29, 0.717) is 11.3 Å². The van der Waals surface area contributed by atoms with Crippen molar-refractivity contribution < 1.29 is 9.59 Å². The second-order valence-corrected chi connectivity index (χ2v) is 7.05. The number of carbonyl (C=O) groups excluding carboxylic acids is 2. The molecular formula is C19H21NO2S. The van der Waals surface area contributed by atoms with E-state index in [0.717, 1.165) is 4.90 Å². The van der Waals surface area contributed by atoms with Gasteiger partial charge < -0.3 is 5.32 Å². The highest BCUT2D eigenvalue weighted by molar-refractivity contribution is 8.00. The first-order chi connectivity index (χ1) is 10.9. The van der Waals surface area contributed by atoms with E-state index >= 15 is 0 Å². The minimum absolute atomic E-state index is 0.0151. The predicted molar refractivity (Wildman–Crippen MR) is 96.3 cm³/mol. The third-order valence-corrected chi connectivity index (χ3v) is 4.79. The van der Waals surface area contributed by atoms with Crippen molar-refractivity contribution in [1.29, 1.82) is 0 Å². The summed E-state index contributed by atoms with van der Waals surface area (Å²) in [6.45, 7) is 7.53. The largest absolute Gasteiger partial charge is 0.325 e. The number of carbonyl (C=O) groups is 2. The highest BCUT2D eigenvalue weighted by Crippen LogP contribution is 2.26. The number of benzene rings is 2. The van der Waals surface area contributed by atoms with Crippen LogP contribution < -0.4 is 5.32 Å². The van der Waals surface area contributed by atoms with Crippen LogP contribution in [-0.4, -0.2) is 16.9 Å². The maximum absolute atomic E-state index is 12.3. The molecule has 0 aromatic heterocycles. The topological polar surface area (TPSA) is 46.2 Å². The molecule has 0 fully saturated rings. The summed E-state index contributed by atoms with van der Waals surface area (Å²) in [5.74, 6) is -0.0902. The molecule has 1 amide bonds. The van der Waals surface area contributed by atoms with Crippen LogP contribution in [0.15, 0.2) is 47.4 Å². The zero-order valence-corrected chi connectivity index (χ0v) is 14.7. The van der Waals surface area contributed by atoms with Gasteiger partial charge in [-0.05, 0) is 63.1 Å². The van der Waals surface area contributed by atoms with Crippen LogP contribution in [0.2, 0.25) is 0 Å². The van der Waals surface area contributed by atoms with Gasteiger partial charge in [0.25, 0.3) is 0 Å². The Kier molecular flexibility index (Phi) is 5.61. The number of anilines is 1. The van der Waals surface area contributed by atoms with E-state index in [1.54, 1.807) is 24.3 Å². The SMILES string of the molecule is CC(=O)c1cccc(NC(=O)[C@@H](C)Sc2ccc(C)c(C)c2)c1. The Bertz CT molecular complexity index is 740. The molecule has 0 heterocycles. The van der Waals surface area contributed by atoms with Crippen LogP contribution in [-0.2, 0) is 4.79 Å². The van der Waals surface area contributed by atoms with E-state index < -0.39 is 0 Å². The summed E-state index contributed by atoms with van der Waals surface area (Å²) in [7, 11) is 0. The Morgan fingerprint density at radius 1 is 1.04 bits per heavy atom. The number of hydrogen-bond donors (Lipinski definition) is 1. The lowest BCUT2D eigenvalue weighted by Gasteiger charge is -2.13. The van der Waals surface area contributed by atoms with Crippen LogP contribution in [0.5, 0.6) is 0 Å². The number of hydrogen-bond acceptors (Lipinski definition) is 3. The van der Waals surface area contributed by atoms with Crippen LogP contribution in [0.4, 0.5) is 5.69 Å². The molecule has 0 spiro atoms. The standard InChI is InChI=1S/C19H21NO2S/c1-12-8-9-18(10-13(12)2)23-15(4)19(22)20-17-7-5-6-16(11-17)14(3)21/h5-11,15H,1-4H3,(H,20,22)/t15-/m1/s1. The van der Waals surface area contributed by atoms with E-state index in [4.69, 9.17) is 0 Å². The van der Waals surface area contributed by atoms with Crippen molar-refractivity contribution in [2.24, 2.45) is 0 Å². The Morgan fingerprint density at radius 2 is 1.78 bits per heavy atom. The van der Waals surface area contributed by atoms with E-state index in [1.165, 1.54) is 29.8 Å². The van der Waals surface area contributed by atoms with Gasteiger partial charge in [0.1, 0.15) is 0 Å². The molecule has 1 N–H and O–H groups in total. The zero-order chi connectivity index (χ0) is 17.0. The molecule has 23 heavy (non-hydrogen) atoms. The van der Waals surface area contributed by atoms with Crippen LogP contribution in [0, 0.1) is 13.8 Å². The first kappa shape index (κ1) is 17.3. The highest BCUT2D eigenvalue weighted by Gasteiger charge is 2.15. The van der Waals surface area contributed by atoms with Crippen LogP contribution in [0.25, 0.3) is 0 Å². The van der Waals surface area contributed by atoms with E-state index in [-0.39, 0.29) is 16.9 Å². The molecule has 1 atom stereocenters. The average Bonchev–Trinajstić information content (AvgIpc) is 2.51. The molecule has 3 nitrogen and oxygen atoms in total. The van der Waals surface area contributed by atoms with Gasteiger partial charge in [-0.15, -0.1) is 11.8 Å². The maximum atomic E-state index is 12.3. The highest BCUT2D eigenvalue weighted by atomic mass is 32.2. The number of thioether (sulfide) groups is 1. The molecule has 2 aromatic carbocycles. The molecule has 2 aromatic rings. The Balaban J connectivity index is 2.03. The van der Waals surface area contributed by atoms with Gasteiger partial charge in [-0.1, -0.05) is 18.2 Å². The summed E-state index contributed by atoms with van der Waals surface area (Å²) in [4.78, 5) is 24.8. The van der Waals surface area contributed by atoms with Crippen molar-refractivity contribution in [2.75, 3.05) is 5.32 Å². The molecule has 0 aliphatic rings. The van der Waals surface area contributed by atoms with Crippen molar-refractivity contribution in [2.45, 2.75) is 37.8 Å². The molecule has 2 rings (SSSR count). The summed E-state index contributed by atoms with van der Waals surface area (Å²) in [5.41, 5.74) is 3.71. The lowest BCUT2D eigenvalue weighted by Crippen LogP contribution is -2.22. The van der Waals surface area contributed by atoms with Crippen LogP contribution >= 0.6 is 11.8 Å². The van der Waals surface area contributed by atoms with Gasteiger partial charge in [0.05, 0.1) is 5.25 Å².